The summed E-state index contributed by atoms with van der Waals surface area (Å²) in [5.41, 5.74) is 0.299. The van der Waals surface area contributed by atoms with Crippen molar-refractivity contribution in [3.8, 4) is 5.75 Å². The van der Waals surface area contributed by atoms with Crippen molar-refractivity contribution in [3.63, 3.8) is 0 Å². The zero-order chi connectivity index (χ0) is 15.4. The highest BCUT2D eigenvalue weighted by molar-refractivity contribution is 5.68. The summed E-state index contributed by atoms with van der Waals surface area (Å²) in [7, 11) is 1.76. The number of hydrogen-bond acceptors (Lipinski definition) is 6. The van der Waals surface area contributed by atoms with Gasteiger partial charge in [-0.15, -0.1) is 0 Å². The normalized spacial score (nSPS) is 10.7. The van der Waals surface area contributed by atoms with Gasteiger partial charge in [-0.05, 0) is 26.0 Å². The van der Waals surface area contributed by atoms with Gasteiger partial charge in [0.25, 0.3) is 0 Å². The summed E-state index contributed by atoms with van der Waals surface area (Å²) in [4.78, 5) is 14.9. The molecule has 0 aliphatic carbocycles. The maximum absolute atomic E-state index is 11.3. The molecule has 0 amide bonds. The molecule has 112 valence electrons. The second-order valence-corrected chi connectivity index (χ2v) is 4.76. The molecule has 1 N–H and O–H groups in total. The number of rotatable bonds is 6. The third-order valence-electron chi connectivity index (χ3n) is 2.63. The molecular weight excluding hydrogens is 274 g/mol. The van der Waals surface area contributed by atoms with Gasteiger partial charge in [0, 0.05) is 7.05 Å². The molecule has 0 fully saturated rings. The molecule has 21 heavy (non-hydrogen) atoms. The SMILES string of the molecule is CC(C)Oc1cccc(NCc2ncn(C)n2)c1[N+](=O)[O-]. The summed E-state index contributed by atoms with van der Waals surface area (Å²) < 4.78 is 7.06. The number of hydrogen-bond donors (Lipinski definition) is 1. The van der Waals surface area contributed by atoms with Gasteiger partial charge < -0.3 is 10.1 Å². The number of aromatic nitrogens is 3. The van der Waals surface area contributed by atoms with E-state index in [4.69, 9.17) is 4.74 Å². The Kier molecular flexibility index (Phi) is 4.36. The molecule has 8 nitrogen and oxygen atoms in total. The average Bonchev–Trinajstić information content (AvgIpc) is 2.81. The van der Waals surface area contributed by atoms with Crippen molar-refractivity contribution < 1.29 is 9.66 Å². The number of nitrogens with zero attached hydrogens (tertiary/aromatic N) is 4. The minimum absolute atomic E-state index is 0.0814. The molecule has 1 aromatic carbocycles. The molecule has 0 aliphatic heterocycles. The van der Waals surface area contributed by atoms with Crippen molar-refractivity contribution >= 4 is 11.4 Å². The number of nitro groups is 1. The number of aryl methyl sites for hydroxylation is 1. The second-order valence-electron chi connectivity index (χ2n) is 4.76. The topological polar surface area (TPSA) is 95.1 Å². The molecule has 0 saturated heterocycles. The van der Waals surface area contributed by atoms with Crippen molar-refractivity contribution in [1.82, 2.24) is 14.8 Å². The number of benzene rings is 1. The van der Waals surface area contributed by atoms with Crippen LogP contribution < -0.4 is 10.1 Å². The first-order chi connectivity index (χ1) is 9.97. The van der Waals surface area contributed by atoms with Crippen LogP contribution in [0, 0.1) is 10.1 Å². The summed E-state index contributed by atoms with van der Waals surface area (Å²) in [6.07, 6.45) is 1.43. The Hall–Kier alpha value is -2.64. The Morgan fingerprint density at radius 3 is 2.81 bits per heavy atom. The summed E-state index contributed by atoms with van der Waals surface area (Å²) in [5.74, 6) is 0.802. The Morgan fingerprint density at radius 1 is 1.48 bits per heavy atom. The number of ether oxygens (including phenoxy) is 1. The summed E-state index contributed by atoms with van der Waals surface area (Å²) >= 11 is 0. The van der Waals surface area contributed by atoms with Crippen molar-refractivity contribution in [1.29, 1.82) is 0 Å². The number of para-hydroxylation sites is 1. The molecule has 1 aromatic heterocycles. The Morgan fingerprint density at radius 2 is 2.24 bits per heavy atom. The quantitative estimate of drug-likeness (QED) is 0.647. The van der Waals surface area contributed by atoms with E-state index in [2.05, 4.69) is 15.4 Å². The lowest BCUT2D eigenvalue weighted by atomic mass is 10.2. The number of nitrogens with one attached hydrogen (secondary N) is 1. The Labute approximate surface area is 121 Å². The zero-order valence-corrected chi connectivity index (χ0v) is 12.1. The molecule has 2 rings (SSSR count). The highest BCUT2D eigenvalue weighted by Gasteiger charge is 2.21. The predicted molar refractivity (Wildman–Crippen MR) is 77.2 cm³/mol. The van der Waals surface area contributed by atoms with Gasteiger partial charge in [0.1, 0.15) is 12.0 Å². The Bertz CT molecular complexity index is 638. The molecule has 8 heteroatoms. The van der Waals surface area contributed by atoms with E-state index in [1.165, 1.54) is 0 Å². The molecule has 0 radical (unpaired) electrons. The first kappa shape index (κ1) is 14.8. The van der Waals surface area contributed by atoms with E-state index < -0.39 is 4.92 Å². The van der Waals surface area contributed by atoms with Crippen molar-refractivity contribution in [2.24, 2.45) is 7.05 Å². The van der Waals surface area contributed by atoms with Crippen LogP contribution in [-0.2, 0) is 13.6 Å². The van der Waals surface area contributed by atoms with Gasteiger partial charge in [0.15, 0.2) is 11.6 Å². The minimum Gasteiger partial charge on any atom is -0.484 e. The van der Waals surface area contributed by atoms with E-state index >= 15 is 0 Å². The first-order valence-corrected chi connectivity index (χ1v) is 6.50. The van der Waals surface area contributed by atoms with Crippen molar-refractivity contribution in [2.75, 3.05) is 5.32 Å². The third-order valence-corrected chi connectivity index (χ3v) is 2.63. The smallest absolute Gasteiger partial charge is 0.333 e. The van der Waals surface area contributed by atoms with Gasteiger partial charge in [-0.3, -0.25) is 14.8 Å². The molecule has 0 unspecified atom stereocenters. The van der Waals surface area contributed by atoms with Crippen LogP contribution in [0.25, 0.3) is 0 Å². The zero-order valence-electron chi connectivity index (χ0n) is 12.1. The monoisotopic (exact) mass is 291 g/mol. The van der Waals surface area contributed by atoms with Crippen LogP contribution in [0.2, 0.25) is 0 Å². The maximum Gasteiger partial charge on any atom is 0.333 e. The van der Waals surface area contributed by atoms with Gasteiger partial charge in [-0.2, -0.15) is 5.10 Å². The van der Waals surface area contributed by atoms with Gasteiger partial charge in [-0.1, -0.05) is 6.07 Å². The fourth-order valence-electron chi connectivity index (χ4n) is 1.84. The van der Waals surface area contributed by atoms with Crippen LogP contribution in [0.4, 0.5) is 11.4 Å². The van der Waals surface area contributed by atoms with E-state index in [1.54, 1.807) is 36.3 Å². The molecule has 1 heterocycles. The summed E-state index contributed by atoms with van der Waals surface area (Å²) in [6.45, 7) is 3.94. The van der Waals surface area contributed by atoms with Crippen LogP contribution in [0.3, 0.4) is 0 Å². The van der Waals surface area contributed by atoms with E-state index in [9.17, 15) is 10.1 Å². The molecule has 0 spiro atoms. The summed E-state index contributed by atoms with van der Waals surface area (Å²) in [6, 6.07) is 4.93. The van der Waals surface area contributed by atoms with Gasteiger partial charge in [0.2, 0.25) is 0 Å². The molecular formula is C13H17N5O3. The molecule has 0 saturated carbocycles. The predicted octanol–water partition coefficient (Wildman–Crippen LogP) is 2.12. The van der Waals surface area contributed by atoms with Crippen LogP contribution in [0.1, 0.15) is 19.7 Å². The second kappa shape index (κ2) is 6.21. The Balaban J connectivity index is 2.23. The number of anilines is 1. The average molecular weight is 291 g/mol. The van der Waals surface area contributed by atoms with E-state index in [-0.39, 0.29) is 17.5 Å². The lowest BCUT2D eigenvalue weighted by molar-refractivity contribution is -0.385. The van der Waals surface area contributed by atoms with Crippen LogP contribution in [0.5, 0.6) is 5.75 Å². The van der Waals surface area contributed by atoms with E-state index in [0.29, 0.717) is 18.1 Å². The largest absolute Gasteiger partial charge is 0.484 e. The lowest BCUT2D eigenvalue weighted by Crippen LogP contribution is -2.10. The molecule has 0 aliphatic rings. The van der Waals surface area contributed by atoms with Gasteiger partial charge in [-0.25, -0.2) is 4.98 Å². The van der Waals surface area contributed by atoms with Crippen molar-refractivity contribution in [3.05, 3.63) is 40.5 Å². The first-order valence-electron chi connectivity index (χ1n) is 6.50. The van der Waals surface area contributed by atoms with E-state index in [0.717, 1.165) is 0 Å². The molecule has 0 atom stereocenters. The van der Waals surface area contributed by atoms with Crippen LogP contribution in [0.15, 0.2) is 24.5 Å². The van der Waals surface area contributed by atoms with Crippen LogP contribution >= 0.6 is 0 Å². The fourth-order valence-corrected chi connectivity index (χ4v) is 1.84. The molecule has 0 bridgehead atoms. The van der Waals surface area contributed by atoms with Gasteiger partial charge in [0.05, 0.1) is 17.6 Å². The lowest BCUT2D eigenvalue weighted by Gasteiger charge is -2.12. The van der Waals surface area contributed by atoms with Crippen LogP contribution in [-0.4, -0.2) is 25.8 Å². The van der Waals surface area contributed by atoms with E-state index in [1.807, 2.05) is 13.8 Å². The van der Waals surface area contributed by atoms with Gasteiger partial charge >= 0.3 is 5.69 Å². The third kappa shape index (κ3) is 3.68. The summed E-state index contributed by atoms with van der Waals surface area (Å²) in [5, 5.41) is 18.4. The number of nitro benzene ring substituents is 1. The highest BCUT2D eigenvalue weighted by Crippen LogP contribution is 2.35. The standard InChI is InChI=1S/C13H17N5O3/c1-9(2)21-11-6-4-5-10(13(11)18(19)20)14-7-12-15-8-17(3)16-12/h4-6,8-9,14H,7H2,1-3H3. The molecule has 2 aromatic rings. The fraction of sp³-hybridized carbons (Fsp3) is 0.385. The van der Waals surface area contributed by atoms with Crippen molar-refractivity contribution in [2.45, 2.75) is 26.5 Å². The highest BCUT2D eigenvalue weighted by atomic mass is 16.6. The maximum atomic E-state index is 11.3. The minimum atomic E-state index is -0.452.